The van der Waals surface area contributed by atoms with Crippen LogP contribution in [0.2, 0.25) is 5.02 Å². The summed E-state index contributed by atoms with van der Waals surface area (Å²) in [5, 5.41) is 0.347. The Hall–Kier alpha value is -1.56. The first-order valence-electron chi connectivity index (χ1n) is 6.01. The number of nitrogens with one attached hydrogen (secondary N) is 1. The van der Waals surface area contributed by atoms with Crippen molar-refractivity contribution in [2.75, 3.05) is 4.72 Å². The molecule has 0 aromatic heterocycles. The summed E-state index contributed by atoms with van der Waals surface area (Å²) in [6, 6.07) is 11.7. The van der Waals surface area contributed by atoms with Gasteiger partial charge in [-0.25, -0.2) is 8.42 Å². The highest BCUT2D eigenvalue weighted by Gasteiger charge is 2.16. The number of hydrogen-bond acceptors (Lipinski definition) is 3. The molecule has 0 radical (unpaired) electrons. The average molecular weight is 311 g/mol. The van der Waals surface area contributed by atoms with Crippen molar-refractivity contribution in [1.82, 2.24) is 0 Å². The zero-order valence-corrected chi connectivity index (χ0v) is 12.5. The Morgan fingerprint density at radius 2 is 1.90 bits per heavy atom. The maximum atomic E-state index is 12.3. The smallest absolute Gasteiger partial charge is 0.261 e. The number of benzene rings is 2. The highest BCUT2D eigenvalue weighted by atomic mass is 35.5. The summed E-state index contributed by atoms with van der Waals surface area (Å²) >= 11 is 6.00. The van der Waals surface area contributed by atoms with E-state index in [0.29, 0.717) is 16.3 Å². The van der Waals surface area contributed by atoms with E-state index in [9.17, 15) is 8.42 Å². The van der Waals surface area contributed by atoms with Gasteiger partial charge in [-0.3, -0.25) is 4.72 Å². The largest absolute Gasteiger partial charge is 0.326 e. The van der Waals surface area contributed by atoms with E-state index in [1.807, 2.05) is 19.1 Å². The van der Waals surface area contributed by atoms with Crippen molar-refractivity contribution in [2.24, 2.45) is 5.73 Å². The third-order valence-electron chi connectivity index (χ3n) is 2.94. The lowest BCUT2D eigenvalue weighted by Crippen LogP contribution is -2.14. The molecule has 0 aliphatic heterocycles. The molecule has 0 saturated carbocycles. The van der Waals surface area contributed by atoms with Crippen molar-refractivity contribution in [3.63, 3.8) is 0 Å². The lowest BCUT2D eigenvalue weighted by Gasteiger charge is -2.11. The van der Waals surface area contributed by atoms with Crippen molar-refractivity contribution in [2.45, 2.75) is 18.4 Å². The van der Waals surface area contributed by atoms with E-state index in [1.54, 1.807) is 18.2 Å². The van der Waals surface area contributed by atoms with Gasteiger partial charge >= 0.3 is 0 Å². The number of sulfonamides is 1. The summed E-state index contributed by atoms with van der Waals surface area (Å²) in [4.78, 5) is 0.114. The second-order valence-electron chi connectivity index (χ2n) is 4.38. The summed E-state index contributed by atoms with van der Waals surface area (Å²) < 4.78 is 27.2. The van der Waals surface area contributed by atoms with Gasteiger partial charge in [0.1, 0.15) is 0 Å². The Labute approximate surface area is 123 Å². The topological polar surface area (TPSA) is 72.2 Å². The van der Waals surface area contributed by atoms with Gasteiger partial charge in [0.15, 0.2) is 0 Å². The Kier molecular flexibility index (Phi) is 4.32. The fourth-order valence-electron chi connectivity index (χ4n) is 1.75. The molecule has 6 heteroatoms. The van der Waals surface area contributed by atoms with E-state index < -0.39 is 10.0 Å². The fourth-order valence-corrected chi connectivity index (χ4v) is 3.23. The van der Waals surface area contributed by atoms with Gasteiger partial charge in [-0.2, -0.15) is 0 Å². The summed E-state index contributed by atoms with van der Waals surface area (Å²) in [5.41, 5.74) is 7.61. The molecular weight excluding hydrogens is 296 g/mol. The highest BCUT2D eigenvalue weighted by Crippen LogP contribution is 2.23. The van der Waals surface area contributed by atoms with E-state index in [2.05, 4.69) is 4.72 Å². The van der Waals surface area contributed by atoms with Gasteiger partial charge < -0.3 is 5.73 Å². The molecule has 3 N–H and O–H groups in total. The Morgan fingerprint density at radius 1 is 1.20 bits per heavy atom. The molecule has 0 fully saturated rings. The van der Waals surface area contributed by atoms with Crippen LogP contribution < -0.4 is 10.5 Å². The van der Waals surface area contributed by atoms with Gasteiger partial charge in [-0.15, -0.1) is 0 Å². The van der Waals surface area contributed by atoms with Crippen molar-refractivity contribution in [1.29, 1.82) is 0 Å². The van der Waals surface area contributed by atoms with E-state index in [0.717, 1.165) is 5.56 Å². The minimum atomic E-state index is -3.66. The maximum Gasteiger partial charge on any atom is 0.261 e. The molecule has 2 aromatic rings. The molecular formula is C14H15ClN2O2S. The number of rotatable bonds is 4. The van der Waals surface area contributed by atoms with Crippen LogP contribution in [0.5, 0.6) is 0 Å². The van der Waals surface area contributed by atoms with Crippen LogP contribution in [-0.2, 0) is 16.6 Å². The zero-order chi connectivity index (χ0) is 14.8. The predicted octanol–water partition coefficient (Wildman–Crippen LogP) is 2.91. The number of para-hydroxylation sites is 1. The molecule has 0 aliphatic rings. The summed E-state index contributed by atoms with van der Waals surface area (Å²) in [5.74, 6) is 0. The molecule has 0 heterocycles. The summed E-state index contributed by atoms with van der Waals surface area (Å²) in [7, 11) is -3.66. The third kappa shape index (κ3) is 3.12. The number of nitrogens with two attached hydrogens (primary N) is 1. The lowest BCUT2D eigenvalue weighted by atomic mass is 10.2. The second kappa shape index (κ2) is 5.83. The van der Waals surface area contributed by atoms with E-state index >= 15 is 0 Å². The molecule has 2 rings (SSSR count). The summed E-state index contributed by atoms with van der Waals surface area (Å²) in [6.45, 7) is 2.10. The molecule has 20 heavy (non-hydrogen) atoms. The molecule has 4 nitrogen and oxygen atoms in total. The minimum Gasteiger partial charge on any atom is -0.326 e. The molecule has 0 atom stereocenters. The monoisotopic (exact) mass is 310 g/mol. The van der Waals surface area contributed by atoms with E-state index in [-0.39, 0.29) is 11.4 Å². The van der Waals surface area contributed by atoms with Crippen LogP contribution in [0.25, 0.3) is 0 Å². The number of aryl methyl sites for hydroxylation is 1. The normalized spacial score (nSPS) is 11.3. The van der Waals surface area contributed by atoms with Gasteiger partial charge in [0.2, 0.25) is 0 Å². The number of anilines is 1. The Morgan fingerprint density at radius 3 is 2.50 bits per heavy atom. The van der Waals surface area contributed by atoms with Crippen molar-refractivity contribution >= 4 is 27.3 Å². The first kappa shape index (κ1) is 14.8. The first-order chi connectivity index (χ1) is 9.44. The SMILES string of the molecule is Cc1ccccc1NS(=O)(=O)c1ccc(CN)c(Cl)c1. The Balaban J connectivity index is 2.36. The molecule has 0 amide bonds. The predicted molar refractivity (Wildman–Crippen MR) is 81.3 cm³/mol. The third-order valence-corrected chi connectivity index (χ3v) is 4.66. The van der Waals surface area contributed by atoms with Crippen molar-refractivity contribution in [3.8, 4) is 0 Å². The van der Waals surface area contributed by atoms with Gasteiger partial charge in [0, 0.05) is 11.6 Å². The van der Waals surface area contributed by atoms with Crippen molar-refractivity contribution in [3.05, 3.63) is 58.6 Å². The second-order valence-corrected chi connectivity index (χ2v) is 6.47. The Bertz CT molecular complexity index is 730. The van der Waals surface area contributed by atoms with Crippen LogP contribution in [0.4, 0.5) is 5.69 Å². The molecule has 0 saturated heterocycles. The highest BCUT2D eigenvalue weighted by molar-refractivity contribution is 7.92. The zero-order valence-electron chi connectivity index (χ0n) is 10.9. The minimum absolute atomic E-state index is 0.114. The van der Waals surface area contributed by atoms with Gasteiger partial charge in [-0.05, 0) is 36.2 Å². The van der Waals surface area contributed by atoms with Crippen LogP contribution in [0.3, 0.4) is 0 Å². The molecule has 2 aromatic carbocycles. The standard InChI is InChI=1S/C14H15ClN2O2S/c1-10-4-2-3-5-14(10)17-20(18,19)12-7-6-11(9-16)13(15)8-12/h2-8,17H,9,16H2,1H3. The molecule has 0 aliphatic carbocycles. The fraction of sp³-hybridized carbons (Fsp3) is 0.143. The molecule has 0 spiro atoms. The number of hydrogen-bond donors (Lipinski definition) is 2. The van der Waals surface area contributed by atoms with E-state index in [4.69, 9.17) is 17.3 Å². The van der Waals surface area contributed by atoms with Gasteiger partial charge in [0.05, 0.1) is 10.6 Å². The maximum absolute atomic E-state index is 12.3. The number of halogens is 1. The quantitative estimate of drug-likeness (QED) is 0.912. The van der Waals surface area contributed by atoms with Crippen LogP contribution in [0.15, 0.2) is 47.4 Å². The van der Waals surface area contributed by atoms with Gasteiger partial charge in [-0.1, -0.05) is 35.9 Å². The summed E-state index contributed by atoms with van der Waals surface area (Å²) in [6.07, 6.45) is 0. The van der Waals surface area contributed by atoms with Crippen LogP contribution in [0, 0.1) is 6.92 Å². The van der Waals surface area contributed by atoms with Crippen LogP contribution >= 0.6 is 11.6 Å². The lowest BCUT2D eigenvalue weighted by molar-refractivity contribution is 0.601. The van der Waals surface area contributed by atoms with Crippen molar-refractivity contribution < 1.29 is 8.42 Å². The average Bonchev–Trinajstić information content (AvgIpc) is 2.41. The van der Waals surface area contributed by atoms with E-state index in [1.165, 1.54) is 12.1 Å². The first-order valence-corrected chi connectivity index (χ1v) is 7.87. The van der Waals surface area contributed by atoms with Gasteiger partial charge in [0.25, 0.3) is 10.0 Å². The van der Waals surface area contributed by atoms with Crippen LogP contribution in [-0.4, -0.2) is 8.42 Å². The molecule has 0 unspecified atom stereocenters. The van der Waals surface area contributed by atoms with Crippen LogP contribution in [0.1, 0.15) is 11.1 Å². The molecule has 0 bridgehead atoms. The molecule has 106 valence electrons.